The number of rotatable bonds is 7. The van der Waals surface area contributed by atoms with Crippen molar-refractivity contribution in [1.82, 2.24) is 15.3 Å². The monoisotopic (exact) mass is 458 g/mol. The minimum absolute atomic E-state index is 0.439. The van der Waals surface area contributed by atoms with E-state index in [9.17, 15) is 0 Å². The van der Waals surface area contributed by atoms with Crippen LogP contribution in [0, 0.1) is 0 Å². The van der Waals surface area contributed by atoms with Crippen molar-refractivity contribution in [2.24, 2.45) is 9.98 Å². The summed E-state index contributed by atoms with van der Waals surface area (Å²) in [6.07, 6.45) is 14.7. The molecule has 1 saturated carbocycles. The molecule has 0 atom stereocenters. The summed E-state index contributed by atoms with van der Waals surface area (Å²) in [5.41, 5.74) is 4.43. The summed E-state index contributed by atoms with van der Waals surface area (Å²) in [5, 5.41) is 6.76. The molecule has 34 heavy (non-hydrogen) atoms. The second kappa shape index (κ2) is 10.3. The molecule has 2 aliphatic heterocycles. The zero-order valence-electron chi connectivity index (χ0n) is 20.0. The Kier molecular flexibility index (Phi) is 6.85. The third-order valence-corrected chi connectivity index (χ3v) is 7.23. The quantitative estimate of drug-likeness (QED) is 0.612. The van der Waals surface area contributed by atoms with Gasteiger partial charge in [-0.2, -0.15) is 0 Å². The molecule has 1 saturated heterocycles. The first-order valence-electron chi connectivity index (χ1n) is 12.3. The van der Waals surface area contributed by atoms with Crippen LogP contribution in [0.25, 0.3) is 5.57 Å². The van der Waals surface area contributed by atoms with E-state index in [0.29, 0.717) is 18.8 Å². The topological polar surface area (TPSA) is 81.0 Å². The standard InChI is InChI=1S/C26H34N8/c1-27-16-23-22-9-12-29-17-24(22)34(20-5-3-4-6-20)26(23)32-18-31-25-8-7-21(15-30-25)33-13-10-19(28-2)11-14-33/h7-9,12,15-17,19-20,28H,1,3-6,10-11,13-14,18H2,2H3,(H,30,31)/b23-16-,32-26+. The van der Waals surface area contributed by atoms with Gasteiger partial charge in [0.1, 0.15) is 18.3 Å². The molecule has 4 heterocycles. The van der Waals surface area contributed by atoms with Gasteiger partial charge in [-0.3, -0.25) is 9.98 Å². The fourth-order valence-corrected chi connectivity index (χ4v) is 5.38. The van der Waals surface area contributed by atoms with Crippen molar-refractivity contribution in [2.45, 2.75) is 50.6 Å². The smallest absolute Gasteiger partial charge is 0.139 e. The number of amidine groups is 1. The maximum absolute atomic E-state index is 4.98. The minimum atomic E-state index is 0.439. The number of piperidine rings is 1. The van der Waals surface area contributed by atoms with Gasteiger partial charge in [0.2, 0.25) is 0 Å². The summed E-state index contributed by atoms with van der Waals surface area (Å²) in [5.74, 6) is 1.77. The highest BCUT2D eigenvalue weighted by molar-refractivity contribution is 6.35. The highest BCUT2D eigenvalue weighted by Crippen LogP contribution is 2.41. The fraction of sp³-hybridized carbons (Fsp3) is 0.462. The van der Waals surface area contributed by atoms with Gasteiger partial charge in [0.15, 0.2) is 0 Å². The normalized spacial score (nSPS) is 21.4. The van der Waals surface area contributed by atoms with Gasteiger partial charge in [0, 0.05) is 48.7 Å². The fourth-order valence-electron chi connectivity index (χ4n) is 5.38. The van der Waals surface area contributed by atoms with E-state index in [1.54, 1.807) is 0 Å². The highest BCUT2D eigenvalue weighted by atomic mass is 15.3. The van der Waals surface area contributed by atoms with E-state index >= 15 is 0 Å². The average molecular weight is 459 g/mol. The van der Waals surface area contributed by atoms with Gasteiger partial charge in [0.25, 0.3) is 0 Å². The van der Waals surface area contributed by atoms with Crippen molar-refractivity contribution in [3.63, 3.8) is 0 Å². The molecule has 2 fully saturated rings. The summed E-state index contributed by atoms with van der Waals surface area (Å²) >= 11 is 0. The molecule has 178 valence electrons. The Hall–Kier alpha value is -3.26. The molecule has 0 spiro atoms. The zero-order valence-corrected chi connectivity index (χ0v) is 20.0. The lowest BCUT2D eigenvalue weighted by molar-refractivity contribution is 0.442. The summed E-state index contributed by atoms with van der Waals surface area (Å²) < 4.78 is 0. The Morgan fingerprint density at radius 3 is 2.65 bits per heavy atom. The molecule has 0 bridgehead atoms. The average Bonchev–Trinajstić information content (AvgIpc) is 3.52. The second-order valence-corrected chi connectivity index (χ2v) is 9.19. The maximum Gasteiger partial charge on any atom is 0.139 e. The summed E-state index contributed by atoms with van der Waals surface area (Å²) in [6, 6.07) is 7.31. The van der Waals surface area contributed by atoms with Gasteiger partial charge in [-0.05, 0) is 57.6 Å². The molecule has 8 heteroatoms. The number of aliphatic imine (C=N–C) groups is 2. The lowest BCUT2D eigenvalue weighted by Crippen LogP contribution is -2.41. The van der Waals surface area contributed by atoms with E-state index in [1.807, 2.05) is 44.0 Å². The predicted octanol–water partition coefficient (Wildman–Crippen LogP) is 3.94. The van der Waals surface area contributed by atoms with Crippen LogP contribution in [0.3, 0.4) is 0 Å². The molecular weight excluding hydrogens is 424 g/mol. The van der Waals surface area contributed by atoms with E-state index in [4.69, 9.17) is 4.99 Å². The first-order valence-corrected chi connectivity index (χ1v) is 12.3. The number of hydrogen-bond donors (Lipinski definition) is 2. The van der Waals surface area contributed by atoms with Crippen molar-refractivity contribution in [1.29, 1.82) is 0 Å². The Morgan fingerprint density at radius 2 is 1.94 bits per heavy atom. The lowest BCUT2D eigenvalue weighted by atomic mass is 10.1. The van der Waals surface area contributed by atoms with Crippen LogP contribution < -0.4 is 20.4 Å². The van der Waals surface area contributed by atoms with E-state index < -0.39 is 0 Å². The Labute approximate surface area is 201 Å². The molecule has 0 amide bonds. The van der Waals surface area contributed by atoms with Crippen molar-refractivity contribution < 1.29 is 0 Å². The van der Waals surface area contributed by atoms with Crippen molar-refractivity contribution >= 4 is 35.3 Å². The van der Waals surface area contributed by atoms with Crippen molar-refractivity contribution in [2.75, 3.05) is 41.9 Å². The second-order valence-electron chi connectivity index (χ2n) is 9.19. The van der Waals surface area contributed by atoms with Crippen LogP contribution in [0.1, 0.15) is 44.1 Å². The van der Waals surface area contributed by atoms with E-state index in [2.05, 4.69) is 48.2 Å². The number of anilines is 3. The van der Waals surface area contributed by atoms with E-state index in [-0.39, 0.29) is 0 Å². The summed E-state index contributed by atoms with van der Waals surface area (Å²) in [4.78, 5) is 22.9. The predicted molar refractivity (Wildman–Crippen MR) is 141 cm³/mol. The first-order chi connectivity index (χ1) is 16.8. The molecule has 2 aromatic rings. The summed E-state index contributed by atoms with van der Waals surface area (Å²) in [6.45, 7) is 6.25. The van der Waals surface area contributed by atoms with Crippen LogP contribution in [-0.2, 0) is 0 Å². The van der Waals surface area contributed by atoms with Gasteiger partial charge in [-0.15, -0.1) is 0 Å². The van der Waals surface area contributed by atoms with Crippen LogP contribution in [0.2, 0.25) is 0 Å². The Balaban J connectivity index is 1.30. The number of nitrogens with zero attached hydrogens (tertiary/aromatic N) is 6. The van der Waals surface area contributed by atoms with Crippen LogP contribution in [0.15, 0.2) is 53.0 Å². The first kappa shape index (κ1) is 22.5. The number of aromatic nitrogens is 2. The third-order valence-electron chi connectivity index (χ3n) is 7.23. The molecule has 2 N–H and O–H groups in total. The molecule has 8 nitrogen and oxygen atoms in total. The minimum Gasteiger partial charge on any atom is -0.370 e. The number of fused-ring (bicyclic) bond motifs is 1. The number of pyridine rings is 2. The van der Waals surface area contributed by atoms with Gasteiger partial charge < -0.3 is 20.4 Å². The maximum atomic E-state index is 4.98. The van der Waals surface area contributed by atoms with Gasteiger partial charge in [0.05, 0.1) is 23.8 Å². The zero-order chi connectivity index (χ0) is 23.3. The number of hydrogen-bond acceptors (Lipinski definition) is 7. The number of nitrogens with one attached hydrogen (secondary N) is 2. The molecule has 0 radical (unpaired) electrons. The lowest BCUT2D eigenvalue weighted by Gasteiger charge is -2.33. The Morgan fingerprint density at radius 1 is 1.12 bits per heavy atom. The molecule has 5 rings (SSSR count). The van der Waals surface area contributed by atoms with Crippen molar-refractivity contribution in [3.8, 4) is 0 Å². The highest BCUT2D eigenvalue weighted by Gasteiger charge is 2.36. The molecule has 3 aliphatic rings. The Bertz CT molecular complexity index is 1050. The van der Waals surface area contributed by atoms with Gasteiger partial charge in [-0.25, -0.2) is 9.98 Å². The molecule has 1 aliphatic carbocycles. The van der Waals surface area contributed by atoms with Gasteiger partial charge >= 0.3 is 0 Å². The summed E-state index contributed by atoms with van der Waals surface area (Å²) in [7, 11) is 2.05. The van der Waals surface area contributed by atoms with Crippen LogP contribution in [-0.4, -0.2) is 61.4 Å². The molecular formula is C26H34N8. The third kappa shape index (κ3) is 4.55. The molecule has 2 aromatic heterocycles. The van der Waals surface area contributed by atoms with E-state index in [0.717, 1.165) is 41.6 Å². The van der Waals surface area contributed by atoms with Crippen molar-refractivity contribution in [3.05, 3.63) is 48.6 Å². The van der Waals surface area contributed by atoms with E-state index in [1.165, 1.54) is 44.2 Å². The van der Waals surface area contributed by atoms with Crippen LogP contribution in [0.4, 0.5) is 17.2 Å². The van der Waals surface area contributed by atoms with Crippen LogP contribution >= 0.6 is 0 Å². The van der Waals surface area contributed by atoms with Gasteiger partial charge in [-0.1, -0.05) is 12.8 Å². The SMILES string of the molecule is C=N/C=C1\C(=N/CNc2ccc(N3CCC(NC)CC3)cn2)N(C2CCCC2)c2cnccc21. The largest absolute Gasteiger partial charge is 0.370 e. The van der Waals surface area contributed by atoms with Crippen LogP contribution in [0.5, 0.6) is 0 Å². The molecule has 0 unspecified atom stereocenters. The molecule has 0 aromatic carbocycles.